The van der Waals surface area contributed by atoms with E-state index in [-0.39, 0.29) is 10.8 Å². The van der Waals surface area contributed by atoms with E-state index in [1.54, 1.807) is 11.3 Å². The van der Waals surface area contributed by atoms with E-state index >= 15 is 0 Å². The van der Waals surface area contributed by atoms with Crippen molar-refractivity contribution in [1.82, 2.24) is 4.98 Å². The Hall–Kier alpha value is -1.74. The molecule has 5 rings (SSSR count). The second-order valence-electron chi connectivity index (χ2n) is 8.99. The Balaban J connectivity index is 1.85. The number of aryl methyl sites for hydroxylation is 1. The lowest BCUT2D eigenvalue weighted by Gasteiger charge is -2.45. The van der Waals surface area contributed by atoms with Gasteiger partial charge in [-0.1, -0.05) is 50.1 Å². The van der Waals surface area contributed by atoms with Gasteiger partial charge in [0.1, 0.15) is 0 Å². The second kappa shape index (κ2) is 5.63. The number of thiazole rings is 1. The fourth-order valence-corrected chi connectivity index (χ4v) is 6.75. The minimum absolute atomic E-state index is 0.0644. The van der Waals surface area contributed by atoms with Gasteiger partial charge in [-0.05, 0) is 42.2 Å². The molecule has 26 heavy (non-hydrogen) atoms. The van der Waals surface area contributed by atoms with Crippen LogP contribution in [0.1, 0.15) is 67.6 Å². The molecule has 0 radical (unpaired) electrons. The molecule has 1 spiro atoms. The molecule has 3 aliphatic carbocycles. The van der Waals surface area contributed by atoms with Crippen molar-refractivity contribution in [3.8, 4) is 0 Å². The number of aromatic nitrogens is 1. The molecule has 3 aliphatic rings. The average molecular weight is 364 g/mol. The fraction of sp³-hybridized carbons (Fsp3) is 0.478. The number of Topliss-reactive ketones (excluding diaryl/α,β-unsaturated/α-hetero) is 1. The van der Waals surface area contributed by atoms with Crippen LogP contribution >= 0.6 is 11.3 Å². The van der Waals surface area contributed by atoms with Crippen LogP contribution in [-0.4, -0.2) is 10.8 Å². The highest BCUT2D eigenvalue weighted by Crippen LogP contribution is 2.56. The number of nitrogens with zero attached hydrogens (tertiary/aromatic N) is 1. The van der Waals surface area contributed by atoms with Crippen molar-refractivity contribution in [3.63, 3.8) is 0 Å². The maximum atomic E-state index is 13.5. The van der Waals surface area contributed by atoms with Gasteiger partial charge in [-0.3, -0.25) is 4.79 Å². The summed E-state index contributed by atoms with van der Waals surface area (Å²) in [5.74, 6) is 0.381. The molecule has 1 heterocycles. The maximum absolute atomic E-state index is 13.5. The van der Waals surface area contributed by atoms with Crippen LogP contribution in [0.2, 0.25) is 0 Å². The van der Waals surface area contributed by atoms with E-state index < -0.39 is 0 Å². The number of carbonyl (C=O) groups excluding carboxylic acids is 1. The molecule has 3 heteroatoms. The lowest BCUT2D eigenvalue weighted by molar-refractivity contribution is -0.118. The molecule has 0 saturated carbocycles. The summed E-state index contributed by atoms with van der Waals surface area (Å²) in [5.41, 5.74) is 8.34. The maximum Gasteiger partial charge on any atom is 0.160 e. The highest BCUT2D eigenvalue weighted by atomic mass is 32.1. The monoisotopic (exact) mass is 363 g/mol. The van der Waals surface area contributed by atoms with Gasteiger partial charge < -0.3 is 0 Å². The first kappa shape index (κ1) is 16.4. The molecule has 0 amide bonds. The standard InChI is InChI=1S/C23H25NOS/c1-22(2)12-16-11-18-21(26-14-24-18)23(20(16)19(25)13-22)10-6-5-8-15-7-3-4-9-17(15)23/h3-4,7,9,14H,5-6,8,10-13H2,1-2H3. The molecular formula is C23H25NOS. The van der Waals surface area contributed by atoms with Gasteiger partial charge in [0, 0.05) is 23.3 Å². The van der Waals surface area contributed by atoms with E-state index in [4.69, 9.17) is 4.98 Å². The molecule has 134 valence electrons. The lowest BCUT2D eigenvalue weighted by Crippen LogP contribution is -2.42. The Morgan fingerprint density at radius 1 is 1.12 bits per heavy atom. The van der Waals surface area contributed by atoms with Crippen molar-refractivity contribution < 1.29 is 4.79 Å². The van der Waals surface area contributed by atoms with Crippen molar-refractivity contribution in [2.75, 3.05) is 0 Å². The first-order chi connectivity index (χ1) is 12.5. The molecule has 0 aliphatic heterocycles. The number of fused-ring (bicyclic) bond motifs is 5. The second-order valence-corrected chi connectivity index (χ2v) is 9.85. The summed E-state index contributed by atoms with van der Waals surface area (Å²) < 4.78 is 0. The van der Waals surface area contributed by atoms with E-state index in [1.165, 1.54) is 40.1 Å². The number of carbonyl (C=O) groups is 1. The van der Waals surface area contributed by atoms with Crippen LogP contribution in [0.4, 0.5) is 0 Å². The Kier molecular flexibility index (Phi) is 3.56. The lowest BCUT2D eigenvalue weighted by atomic mass is 9.58. The molecule has 0 N–H and O–H groups in total. The summed E-state index contributed by atoms with van der Waals surface area (Å²) >= 11 is 1.76. The third-order valence-electron chi connectivity index (χ3n) is 6.52. The molecule has 0 saturated heterocycles. The van der Waals surface area contributed by atoms with Crippen molar-refractivity contribution in [3.05, 3.63) is 62.6 Å². The van der Waals surface area contributed by atoms with Crippen LogP contribution < -0.4 is 0 Å². The van der Waals surface area contributed by atoms with E-state index in [0.717, 1.165) is 31.3 Å². The topological polar surface area (TPSA) is 30.0 Å². The molecule has 2 nitrogen and oxygen atoms in total. The van der Waals surface area contributed by atoms with E-state index in [9.17, 15) is 4.79 Å². The van der Waals surface area contributed by atoms with E-state index in [2.05, 4.69) is 38.1 Å². The Labute approximate surface area is 159 Å². The van der Waals surface area contributed by atoms with Gasteiger partial charge in [0.05, 0.1) is 16.6 Å². The number of hydrogen-bond acceptors (Lipinski definition) is 3. The third-order valence-corrected chi connectivity index (χ3v) is 7.56. The number of rotatable bonds is 0. The van der Waals surface area contributed by atoms with Crippen molar-refractivity contribution in [2.45, 2.75) is 64.2 Å². The van der Waals surface area contributed by atoms with Crippen LogP contribution in [0.15, 0.2) is 40.9 Å². The molecule has 1 aromatic heterocycles. The van der Waals surface area contributed by atoms with Gasteiger partial charge in [0.2, 0.25) is 0 Å². The summed E-state index contributed by atoms with van der Waals surface area (Å²) in [5, 5.41) is 0. The summed E-state index contributed by atoms with van der Waals surface area (Å²) in [6.07, 6.45) is 7.10. The van der Waals surface area contributed by atoms with Crippen LogP contribution in [0.5, 0.6) is 0 Å². The third kappa shape index (κ3) is 2.22. The predicted octanol–water partition coefficient (Wildman–Crippen LogP) is 5.40. The largest absolute Gasteiger partial charge is 0.294 e. The number of hydrogen-bond donors (Lipinski definition) is 0. The zero-order valence-corrected chi connectivity index (χ0v) is 16.4. The quantitative estimate of drug-likeness (QED) is 0.627. The summed E-state index contributed by atoms with van der Waals surface area (Å²) in [6.45, 7) is 4.47. The van der Waals surface area contributed by atoms with Gasteiger partial charge in [-0.2, -0.15) is 0 Å². The predicted molar refractivity (Wildman–Crippen MR) is 106 cm³/mol. The zero-order valence-electron chi connectivity index (χ0n) is 15.6. The van der Waals surface area contributed by atoms with Gasteiger partial charge >= 0.3 is 0 Å². The van der Waals surface area contributed by atoms with Gasteiger partial charge in [-0.25, -0.2) is 4.98 Å². The highest BCUT2D eigenvalue weighted by Gasteiger charge is 2.51. The molecule has 1 aromatic carbocycles. The Morgan fingerprint density at radius 3 is 2.85 bits per heavy atom. The van der Waals surface area contributed by atoms with Crippen molar-refractivity contribution in [2.24, 2.45) is 5.41 Å². The summed E-state index contributed by atoms with van der Waals surface area (Å²) in [7, 11) is 0. The smallest absolute Gasteiger partial charge is 0.160 e. The summed E-state index contributed by atoms with van der Waals surface area (Å²) in [6, 6.07) is 8.86. The minimum Gasteiger partial charge on any atom is -0.294 e. The first-order valence-electron chi connectivity index (χ1n) is 9.78. The minimum atomic E-state index is -0.245. The molecule has 1 unspecified atom stereocenters. The normalized spacial score (nSPS) is 26.9. The number of allylic oxidation sites excluding steroid dienone is 2. The van der Waals surface area contributed by atoms with Crippen LogP contribution in [0.25, 0.3) is 0 Å². The molecule has 0 fully saturated rings. The van der Waals surface area contributed by atoms with Crippen LogP contribution in [-0.2, 0) is 23.1 Å². The average Bonchev–Trinajstić information content (AvgIpc) is 2.98. The Morgan fingerprint density at radius 2 is 1.96 bits per heavy atom. The SMILES string of the molecule is CC1(C)CC(=O)C2=C(Cc3ncsc3C23CCCCc2ccccc23)C1. The molecule has 1 atom stereocenters. The van der Waals surface area contributed by atoms with Gasteiger partial charge in [-0.15, -0.1) is 11.3 Å². The molecule has 2 aromatic rings. The molecule has 0 bridgehead atoms. The summed E-state index contributed by atoms with van der Waals surface area (Å²) in [4.78, 5) is 19.6. The van der Waals surface area contributed by atoms with Gasteiger partial charge in [0.15, 0.2) is 5.78 Å². The number of benzene rings is 1. The van der Waals surface area contributed by atoms with E-state index in [0.29, 0.717) is 12.2 Å². The van der Waals surface area contributed by atoms with Crippen molar-refractivity contribution in [1.29, 1.82) is 0 Å². The first-order valence-corrected chi connectivity index (χ1v) is 10.7. The Bertz CT molecular complexity index is 935. The van der Waals surface area contributed by atoms with Crippen LogP contribution in [0.3, 0.4) is 0 Å². The van der Waals surface area contributed by atoms with E-state index in [1.807, 2.05) is 5.51 Å². The molecular weight excluding hydrogens is 338 g/mol. The van der Waals surface area contributed by atoms with Crippen molar-refractivity contribution >= 4 is 17.1 Å². The fourth-order valence-electron chi connectivity index (χ4n) is 5.69. The van der Waals surface area contributed by atoms with Crippen LogP contribution in [0, 0.1) is 5.41 Å². The number of ketones is 1. The highest BCUT2D eigenvalue weighted by molar-refractivity contribution is 7.10. The zero-order chi connectivity index (χ0) is 17.9. The van der Waals surface area contributed by atoms with Gasteiger partial charge in [0.25, 0.3) is 0 Å².